The van der Waals surface area contributed by atoms with Crippen LogP contribution >= 0.6 is 10.7 Å². The van der Waals surface area contributed by atoms with Gasteiger partial charge in [0.05, 0.1) is 16.5 Å². The van der Waals surface area contributed by atoms with Gasteiger partial charge in [0.25, 0.3) is 9.05 Å². The van der Waals surface area contributed by atoms with Gasteiger partial charge in [0.1, 0.15) is 5.75 Å². The van der Waals surface area contributed by atoms with Gasteiger partial charge in [-0.2, -0.15) is 5.26 Å². The van der Waals surface area contributed by atoms with Crippen LogP contribution in [-0.4, -0.2) is 13.5 Å². The molecule has 1 rings (SSSR count). The van der Waals surface area contributed by atoms with Crippen LogP contribution in [0.15, 0.2) is 17.0 Å². The summed E-state index contributed by atoms with van der Waals surface area (Å²) < 4.78 is 21.8. The number of nitriles is 1. The Kier molecular flexibility index (Phi) is 2.69. The maximum Gasteiger partial charge on any atom is 0.261 e. The quantitative estimate of drug-likeness (QED) is 0.743. The van der Waals surface area contributed by atoms with Crippen molar-refractivity contribution in [3.63, 3.8) is 0 Å². The van der Waals surface area contributed by atoms with E-state index in [1.54, 1.807) is 6.07 Å². The lowest BCUT2D eigenvalue weighted by atomic mass is 10.1. The van der Waals surface area contributed by atoms with E-state index in [-0.39, 0.29) is 16.2 Å². The molecular weight excluding hydrogens is 226 g/mol. The van der Waals surface area contributed by atoms with E-state index in [1.165, 1.54) is 6.92 Å². The Labute approximate surface area is 85.8 Å². The average Bonchev–Trinajstić information content (AvgIpc) is 2.07. The van der Waals surface area contributed by atoms with Crippen molar-refractivity contribution in [2.45, 2.75) is 11.8 Å². The summed E-state index contributed by atoms with van der Waals surface area (Å²) in [6.45, 7) is 1.51. The van der Waals surface area contributed by atoms with Crippen molar-refractivity contribution < 1.29 is 13.5 Å². The van der Waals surface area contributed by atoms with E-state index in [4.69, 9.17) is 15.9 Å². The molecule has 0 aliphatic carbocycles. The normalized spacial score (nSPS) is 10.9. The molecule has 6 heteroatoms. The van der Waals surface area contributed by atoms with E-state index in [9.17, 15) is 13.5 Å². The molecule has 0 aliphatic heterocycles. The largest absolute Gasteiger partial charge is 0.508 e. The second-order valence-electron chi connectivity index (χ2n) is 2.66. The number of aromatic hydroxyl groups is 1. The average molecular weight is 232 g/mol. The summed E-state index contributed by atoms with van der Waals surface area (Å²) in [4.78, 5) is -0.279. The van der Waals surface area contributed by atoms with Crippen molar-refractivity contribution in [3.8, 4) is 11.8 Å². The van der Waals surface area contributed by atoms with E-state index in [2.05, 4.69) is 0 Å². The minimum absolute atomic E-state index is 0.0872. The Balaban J connectivity index is 3.56. The predicted octanol–water partition coefficient (Wildman–Crippen LogP) is 1.50. The third-order valence-corrected chi connectivity index (χ3v) is 3.09. The van der Waals surface area contributed by atoms with E-state index in [0.29, 0.717) is 5.56 Å². The van der Waals surface area contributed by atoms with Crippen LogP contribution in [0.4, 0.5) is 0 Å². The number of rotatable bonds is 1. The zero-order valence-electron chi connectivity index (χ0n) is 7.15. The van der Waals surface area contributed by atoms with Gasteiger partial charge in [0.2, 0.25) is 0 Å². The van der Waals surface area contributed by atoms with Crippen molar-refractivity contribution in [2.75, 3.05) is 0 Å². The van der Waals surface area contributed by atoms with Crippen molar-refractivity contribution in [3.05, 3.63) is 23.3 Å². The molecule has 0 spiro atoms. The molecule has 0 saturated heterocycles. The Bertz CT molecular complexity index is 516. The van der Waals surface area contributed by atoms with Gasteiger partial charge in [-0.3, -0.25) is 0 Å². The first kappa shape index (κ1) is 10.8. The SMILES string of the molecule is Cc1c(O)cc(S(=O)(=O)Cl)cc1C#N. The highest BCUT2D eigenvalue weighted by Crippen LogP contribution is 2.26. The fourth-order valence-electron chi connectivity index (χ4n) is 0.930. The third kappa shape index (κ3) is 1.97. The Hall–Kier alpha value is -1.25. The van der Waals surface area contributed by atoms with E-state index in [1.807, 2.05) is 0 Å². The van der Waals surface area contributed by atoms with Crippen molar-refractivity contribution in [1.29, 1.82) is 5.26 Å². The van der Waals surface area contributed by atoms with E-state index >= 15 is 0 Å². The standard InChI is InChI=1S/C8H6ClNO3S/c1-5-6(4-10)2-7(3-8(5)11)14(9,12)13/h2-3,11H,1H3. The number of hydrogen-bond donors (Lipinski definition) is 1. The van der Waals surface area contributed by atoms with Crippen LogP contribution < -0.4 is 0 Å². The molecule has 1 N–H and O–H groups in total. The van der Waals surface area contributed by atoms with Gasteiger partial charge in [-0.05, 0) is 13.0 Å². The Morgan fingerprint density at radius 3 is 2.50 bits per heavy atom. The van der Waals surface area contributed by atoms with Gasteiger partial charge >= 0.3 is 0 Å². The highest BCUT2D eigenvalue weighted by Gasteiger charge is 2.14. The first-order chi connectivity index (χ1) is 6.36. The summed E-state index contributed by atoms with van der Waals surface area (Å²) in [7, 11) is 1.15. The zero-order valence-corrected chi connectivity index (χ0v) is 8.72. The summed E-state index contributed by atoms with van der Waals surface area (Å²) in [5.74, 6) is -0.261. The molecule has 0 radical (unpaired) electrons. The number of halogens is 1. The minimum atomic E-state index is -3.91. The molecule has 14 heavy (non-hydrogen) atoms. The van der Waals surface area contributed by atoms with Crippen LogP contribution in [0.1, 0.15) is 11.1 Å². The molecular formula is C8H6ClNO3S. The molecule has 0 fully saturated rings. The van der Waals surface area contributed by atoms with Gasteiger partial charge in [0.15, 0.2) is 0 Å². The van der Waals surface area contributed by atoms with Crippen molar-refractivity contribution in [1.82, 2.24) is 0 Å². The topological polar surface area (TPSA) is 78.2 Å². The molecule has 4 nitrogen and oxygen atoms in total. The molecule has 0 atom stereocenters. The molecule has 0 aliphatic rings. The van der Waals surface area contributed by atoms with Gasteiger partial charge < -0.3 is 5.11 Å². The molecule has 74 valence electrons. The number of benzene rings is 1. The predicted molar refractivity (Wildman–Crippen MR) is 50.6 cm³/mol. The zero-order chi connectivity index (χ0) is 10.9. The third-order valence-electron chi connectivity index (χ3n) is 1.76. The number of phenols is 1. The van der Waals surface area contributed by atoms with Gasteiger partial charge in [-0.1, -0.05) is 0 Å². The molecule has 0 bridgehead atoms. The van der Waals surface area contributed by atoms with Gasteiger partial charge in [-0.25, -0.2) is 8.42 Å². The number of phenolic OH excluding ortho intramolecular Hbond substituents is 1. The fourth-order valence-corrected chi connectivity index (χ4v) is 1.71. The maximum atomic E-state index is 10.9. The summed E-state index contributed by atoms with van der Waals surface area (Å²) in [6, 6.07) is 3.90. The summed E-state index contributed by atoms with van der Waals surface area (Å²) in [6.07, 6.45) is 0. The lowest BCUT2D eigenvalue weighted by molar-refractivity contribution is 0.469. The van der Waals surface area contributed by atoms with Gasteiger partial charge in [0, 0.05) is 22.3 Å². The Morgan fingerprint density at radius 2 is 2.07 bits per heavy atom. The number of hydrogen-bond acceptors (Lipinski definition) is 4. The van der Waals surface area contributed by atoms with Crippen LogP contribution in [0.5, 0.6) is 5.75 Å². The molecule has 0 saturated carbocycles. The second-order valence-corrected chi connectivity index (χ2v) is 5.23. The van der Waals surface area contributed by atoms with Crippen LogP contribution in [0.3, 0.4) is 0 Å². The number of nitrogens with zero attached hydrogens (tertiary/aromatic N) is 1. The van der Waals surface area contributed by atoms with E-state index in [0.717, 1.165) is 12.1 Å². The van der Waals surface area contributed by atoms with Crippen molar-refractivity contribution in [2.24, 2.45) is 0 Å². The molecule has 1 aromatic carbocycles. The Morgan fingerprint density at radius 1 is 1.50 bits per heavy atom. The minimum Gasteiger partial charge on any atom is -0.508 e. The van der Waals surface area contributed by atoms with Crippen LogP contribution in [0, 0.1) is 18.3 Å². The monoisotopic (exact) mass is 231 g/mol. The fraction of sp³-hybridized carbons (Fsp3) is 0.125. The molecule has 1 aromatic rings. The molecule has 0 aromatic heterocycles. The van der Waals surface area contributed by atoms with Crippen molar-refractivity contribution >= 4 is 19.7 Å². The summed E-state index contributed by atoms with van der Waals surface area (Å²) >= 11 is 0. The first-order valence-corrected chi connectivity index (χ1v) is 5.85. The van der Waals surface area contributed by atoms with Crippen LogP contribution in [0.25, 0.3) is 0 Å². The maximum absolute atomic E-state index is 10.9. The van der Waals surface area contributed by atoms with Crippen LogP contribution in [0.2, 0.25) is 0 Å². The summed E-state index contributed by atoms with van der Waals surface area (Å²) in [5.41, 5.74) is 0.417. The summed E-state index contributed by atoms with van der Waals surface area (Å²) in [5, 5.41) is 17.9. The molecule has 0 heterocycles. The lowest BCUT2D eigenvalue weighted by Crippen LogP contribution is -1.93. The smallest absolute Gasteiger partial charge is 0.261 e. The second kappa shape index (κ2) is 3.48. The van der Waals surface area contributed by atoms with Gasteiger partial charge in [-0.15, -0.1) is 0 Å². The van der Waals surface area contributed by atoms with Crippen LogP contribution in [-0.2, 0) is 9.05 Å². The molecule has 0 unspecified atom stereocenters. The lowest BCUT2D eigenvalue weighted by Gasteiger charge is -2.03. The highest BCUT2D eigenvalue weighted by atomic mass is 35.7. The molecule has 0 amide bonds. The van der Waals surface area contributed by atoms with E-state index < -0.39 is 9.05 Å². The highest BCUT2D eigenvalue weighted by molar-refractivity contribution is 8.13. The first-order valence-electron chi connectivity index (χ1n) is 3.54.